The van der Waals surface area contributed by atoms with Gasteiger partial charge in [0.15, 0.2) is 0 Å². The van der Waals surface area contributed by atoms with E-state index >= 15 is 0 Å². The molecule has 0 atom stereocenters. The van der Waals surface area contributed by atoms with Gasteiger partial charge in [0.05, 0.1) is 0 Å². The van der Waals surface area contributed by atoms with Crippen LogP contribution in [-0.4, -0.2) is 16.6 Å². The zero-order valence-electron chi connectivity index (χ0n) is 1.97. The van der Waals surface area contributed by atoms with Crippen LogP contribution < -0.4 is 5.73 Å². The summed E-state index contributed by atoms with van der Waals surface area (Å²) < 4.78 is 0. The number of aliphatic hydroxyl groups excluding tert-OH is 1. The van der Waals surface area contributed by atoms with Crippen molar-refractivity contribution in [1.82, 2.24) is 5.73 Å². The van der Waals surface area contributed by atoms with E-state index in [0.29, 0.717) is 0 Å². The van der Waals surface area contributed by atoms with Gasteiger partial charge in [-0.2, -0.15) is 0 Å². The van der Waals surface area contributed by atoms with Crippen molar-refractivity contribution in [2.24, 2.45) is 0 Å². The zero-order valence-corrected chi connectivity index (χ0v) is 1.97. The van der Waals surface area contributed by atoms with Crippen molar-refractivity contribution < 1.29 is 10.2 Å². The van der Waals surface area contributed by atoms with Crippen molar-refractivity contribution in [3.63, 3.8) is 0 Å². The Balaban J connectivity index is 2.32. The average molecular weight is 62.0 g/mol. The highest BCUT2D eigenvalue weighted by atomic mass is 16.5. The molecule has 3 heteroatoms. The van der Waals surface area contributed by atoms with E-state index in [1.807, 2.05) is 0 Å². The number of aliphatic hydroxyl groups is 2. The van der Waals surface area contributed by atoms with Gasteiger partial charge in [-0.25, -0.2) is 5.73 Å². The first kappa shape index (κ1) is 3.88. The van der Waals surface area contributed by atoms with Gasteiger partial charge in [0.25, 0.3) is 0 Å². The molecule has 0 unspecified atom stereocenters. The summed E-state index contributed by atoms with van der Waals surface area (Å²) in [5, 5.41) is 14.6. The van der Waals surface area contributed by atoms with Crippen molar-refractivity contribution in [1.29, 1.82) is 0 Å². The maximum absolute atomic E-state index is 7.28. The van der Waals surface area contributed by atoms with Gasteiger partial charge < -0.3 is 10.2 Å². The fourth-order valence-corrected chi connectivity index (χ4v) is 0. The van der Waals surface area contributed by atoms with Crippen molar-refractivity contribution in [2.45, 2.75) is 6.41 Å². The number of hydrogen-bond acceptors (Lipinski definition) is 2. The van der Waals surface area contributed by atoms with Gasteiger partial charge in [-0.15, -0.1) is 0 Å². The molecule has 4 heavy (non-hydrogen) atoms. The van der Waals surface area contributed by atoms with Gasteiger partial charge in [0.1, 0.15) is 0 Å². The third kappa shape index (κ3) is 101. The molecular formula is CH4NO2. The molecule has 0 spiro atoms. The third-order valence-corrected chi connectivity index (χ3v) is 0. The second-order valence-electron chi connectivity index (χ2n) is 0.374. The second-order valence-corrected chi connectivity index (χ2v) is 0.374. The molecule has 25 valence electrons. The zero-order chi connectivity index (χ0) is 3.58. The number of rotatable bonds is 0. The maximum Gasteiger partial charge on any atom is 0.223 e. The summed E-state index contributed by atoms with van der Waals surface area (Å²) in [5.41, 5.74) is 5.69. The van der Waals surface area contributed by atoms with Crippen LogP contribution in [0.15, 0.2) is 0 Å². The summed E-state index contributed by atoms with van der Waals surface area (Å²) >= 11 is 0. The molecule has 0 saturated carbocycles. The largest absolute Gasteiger partial charge is 0.355 e. The van der Waals surface area contributed by atoms with Gasteiger partial charge in [-0.3, -0.25) is 0 Å². The first-order valence-corrected chi connectivity index (χ1v) is 0.805. The maximum atomic E-state index is 7.28. The summed E-state index contributed by atoms with van der Waals surface area (Å²) in [5.74, 6) is 0. The quantitative estimate of drug-likeness (QED) is 0.337. The Morgan fingerprint density at radius 1 is 1.50 bits per heavy atom. The Bertz CT molecular complexity index is 10.8. The molecule has 0 saturated heterocycles. The molecule has 0 aliphatic carbocycles. The van der Waals surface area contributed by atoms with Crippen LogP contribution in [-0.2, 0) is 0 Å². The fraction of sp³-hybridized carbons (Fsp3) is 1.00. The Hall–Kier alpha value is -0.120. The van der Waals surface area contributed by atoms with Crippen LogP contribution in [0.5, 0.6) is 0 Å². The van der Waals surface area contributed by atoms with E-state index in [-0.39, 0.29) is 0 Å². The van der Waals surface area contributed by atoms with Crippen LogP contribution in [0.2, 0.25) is 0 Å². The van der Waals surface area contributed by atoms with Gasteiger partial charge in [-0.1, -0.05) is 0 Å². The SMILES string of the molecule is [NH]C(O)O. The lowest BCUT2D eigenvalue weighted by Gasteiger charge is -1.79. The minimum atomic E-state index is -1.92. The normalized spacial score (nSPS) is 9.00. The van der Waals surface area contributed by atoms with Crippen LogP contribution >= 0.6 is 0 Å². The van der Waals surface area contributed by atoms with Crippen molar-refractivity contribution in [2.75, 3.05) is 0 Å². The monoisotopic (exact) mass is 62.0 g/mol. The highest BCUT2D eigenvalue weighted by Crippen LogP contribution is 1.46. The highest BCUT2D eigenvalue weighted by molar-refractivity contribution is 3.93. The molecule has 3 nitrogen and oxygen atoms in total. The summed E-state index contributed by atoms with van der Waals surface area (Å²) in [6, 6.07) is 0. The summed E-state index contributed by atoms with van der Waals surface area (Å²) in [7, 11) is 0. The predicted molar refractivity (Wildman–Crippen MR) is 11.3 cm³/mol. The lowest BCUT2D eigenvalue weighted by Crippen LogP contribution is -2.01. The van der Waals surface area contributed by atoms with Crippen molar-refractivity contribution in [3.8, 4) is 0 Å². The lowest BCUT2D eigenvalue weighted by atomic mass is 11.2. The van der Waals surface area contributed by atoms with E-state index < -0.39 is 6.41 Å². The van der Waals surface area contributed by atoms with E-state index in [2.05, 4.69) is 0 Å². The predicted octanol–water partition coefficient (Wildman–Crippen LogP) is -1.46. The van der Waals surface area contributed by atoms with Crippen LogP contribution in [0.25, 0.3) is 0 Å². The molecule has 0 bridgehead atoms. The molecular weight excluding hydrogens is 58.0 g/mol. The first-order chi connectivity index (χ1) is 1.73. The third-order valence-electron chi connectivity index (χ3n) is 0. The topological polar surface area (TPSA) is 64.3 Å². The lowest BCUT2D eigenvalue weighted by molar-refractivity contribution is -0.0399. The van der Waals surface area contributed by atoms with Crippen LogP contribution in [0.3, 0.4) is 0 Å². The van der Waals surface area contributed by atoms with Gasteiger partial charge in [0, 0.05) is 0 Å². The van der Waals surface area contributed by atoms with Crippen LogP contribution in [0.1, 0.15) is 0 Å². The minimum Gasteiger partial charge on any atom is -0.355 e. The Morgan fingerprint density at radius 3 is 1.50 bits per heavy atom. The van der Waals surface area contributed by atoms with Crippen molar-refractivity contribution in [3.05, 3.63) is 0 Å². The summed E-state index contributed by atoms with van der Waals surface area (Å²) in [6.45, 7) is 0. The van der Waals surface area contributed by atoms with Crippen LogP contribution in [0, 0.1) is 0 Å². The van der Waals surface area contributed by atoms with Gasteiger partial charge in [0.2, 0.25) is 6.41 Å². The molecule has 0 fully saturated rings. The second kappa shape index (κ2) is 1.23. The Morgan fingerprint density at radius 2 is 1.50 bits per heavy atom. The number of hydrogen-bond donors (Lipinski definition) is 2. The van der Waals surface area contributed by atoms with Gasteiger partial charge in [-0.05, 0) is 0 Å². The minimum absolute atomic E-state index is 1.92. The molecule has 3 N–H and O–H groups in total. The molecule has 0 heterocycles. The van der Waals surface area contributed by atoms with E-state index in [0.717, 1.165) is 0 Å². The van der Waals surface area contributed by atoms with Gasteiger partial charge >= 0.3 is 0 Å². The number of nitrogens with one attached hydrogen (secondary N) is 1. The Kier molecular flexibility index (Phi) is 1.19. The molecule has 0 aliphatic rings. The summed E-state index contributed by atoms with van der Waals surface area (Å²) in [6.07, 6.45) is -1.92. The van der Waals surface area contributed by atoms with E-state index in [1.54, 1.807) is 0 Å². The van der Waals surface area contributed by atoms with E-state index in [1.165, 1.54) is 0 Å². The molecule has 0 aliphatic heterocycles. The molecule has 0 rings (SSSR count). The molecule has 0 aromatic heterocycles. The molecule has 0 amide bonds. The fourth-order valence-electron chi connectivity index (χ4n) is 0. The molecule has 0 aromatic rings. The standard InChI is InChI=1S/CH4NO2/c2-1(3)4/h1-4H. The molecule has 1 radical (unpaired) electrons. The summed E-state index contributed by atoms with van der Waals surface area (Å²) in [4.78, 5) is 0. The highest BCUT2D eigenvalue weighted by Gasteiger charge is 1.71. The van der Waals surface area contributed by atoms with Crippen molar-refractivity contribution >= 4 is 0 Å². The molecule has 0 aromatic carbocycles. The van der Waals surface area contributed by atoms with E-state index in [4.69, 9.17) is 15.9 Å². The smallest absolute Gasteiger partial charge is 0.223 e. The first-order valence-electron chi connectivity index (χ1n) is 0.805. The average Bonchev–Trinajstić information content (AvgIpc) is 0.811. The van der Waals surface area contributed by atoms with E-state index in [9.17, 15) is 0 Å². The Labute approximate surface area is 23.7 Å². The van der Waals surface area contributed by atoms with Crippen LogP contribution in [0.4, 0.5) is 0 Å².